The van der Waals surface area contributed by atoms with Crippen LogP contribution in [-0.4, -0.2) is 52.8 Å². The number of alkyl halides is 3. The van der Waals surface area contributed by atoms with Crippen molar-refractivity contribution in [2.75, 3.05) is 30.3 Å². The number of thiocarbonyl (C=S) groups is 1. The summed E-state index contributed by atoms with van der Waals surface area (Å²) in [6.45, 7) is 0.156. The number of rotatable bonds is 13. The van der Waals surface area contributed by atoms with Gasteiger partial charge >= 0.3 is 6.18 Å². The smallest absolute Gasteiger partial charge is 0.370 e. The number of anilines is 2. The lowest BCUT2D eigenvalue weighted by molar-refractivity contribution is -0.118. The van der Waals surface area contributed by atoms with E-state index < -0.39 is 12.7 Å². The summed E-state index contributed by atoms with van der Waals surface area (Å²) in [5.41, 5.74) is 12.5. The van der Waals surface area contributed by atoms with Crippen LogP contribution in [0.5, 0.6) is 0 Å². The molecule has 0 bridgehead atoms. The molecule has 0 spiro atoms. The second-order valence-corrected chi connectivity index (χ2v) is 9.49. The normalized spacial score (nSPS) is 11.8. The Morgan fingerprint density at radius 3 is 1.94 bits per heavy atom. The number of aromatic nitrogens is 2. The minimum absolute atomic E-state index is 0.122. The second-order valence-electron chi connectivity index (χ2n) is 7.37. The van der Waals surface area contributed by atoms with Gasteiger partial charge in [0.05, 0.1) is 11.4 Å². The molecule has 0 aliphatic rings. The third kappa shape index (κ3) is 13.1. The highest BCUT2D eigenvalue weighted by atomic mass is 32.1. The van der Waals surface area contributed by atoms with Gasteiger partial charge in [-0.15, -0.1) is 22.7 Å². The number of aliphatic imine (C=N–C) groups is 1. The Kier molecular flexibility index (Phi) is 11.9. The summed E-state index contributed by atoms with van der Waals surface area (Å²) in [5.74, 6) is -0.434. The quantitative estimate of drug-likeness (QED) is 0.0860. The van der Waals surface area contributed by atoms with Crippen LogP contribution in [-0.2, 0) is 12.8 Å². The van der Waals surface area contributed by atoms with Crippen LogP contribution in [0.4, 0.5) is 23.4 Å². The van der Waals surface area contributed by atoms with Crippen LogP contribution in [0.2, 0.25) is 0 Å². The highest BCUT2D eigenvalue weighted by molar-refractivity contribution is 7.80. The lowest BCUT2D eigenvalue weighted by Crippen LogP contribution is -2.36. The molecule has 35 heavy (non-hydrogen) atoms. The number of unbranched alkanes of at least 4 members (excludes halogenated alkanes) is 2. The van der Waals surface area contributed by atoms with E-state index >= 15 is 0 Å². The summed E-state index contributed by atoms with van der Waals surface area (Å²) in [6, 6.07) is 0. The number of guanidine groups is 2. The third-order valence-corrected chi connectivity index (χ3v) is 6.20. The van der Waals surface area contributed by atoms with E-state index in [9.17, 15) is 13.2 Å². The maximum atomic E-state index is 12.2. The van der Waals surface area contributed by atoms with E-state index in [-0.39, 0.29) is 11.9 Å². The molecule has 2 aromatic rings. The zero-order valence-electron chi connectivity index (χ0n) is 18.9. The summed E-state index contributed by atoms with van der Waals surface area (Å²) in [4.78, 5) is 11.9. The lowest BCUT2D eigenvalue weighted by atomic mass is 10.2. The molecule has 0 saturated heterocycles. The van der Waals surface area contributed by atoms with Crippen molar-refractivity contribution < 1.29 is 13.2 Å². The number of hydrogen-bond donors (Lipinski definition) is 7. The van der Waals surface area contributed by atoms with Crippen LogP contribution in [0.15, 0.2) is 15.8 Å². The highest BCUT2D eigenvalue weighted by Gasteiger charge is 2.26. The Morgan fingerprint density at radius 2 is 1.46 bits per heavy atom. The first-order chi connectivity index (χ1) is 16.6. The molecule has 0 radical (unpaired) electrons. The maximum Gasteiger partial charge on any atom is 0.408 e. The van der Waals surface area contributed by atoms with Crippen LogP contribution < -0.4 is 32.7 Å². The minimum Gasteiger partial charge on any atom is -0.370 e. The molecule has 10 nitrogen and oxygen atoms in total. The molecule has 0 aromatic carbocycles. The van der Waals surface area contributed by atoms with E-state index in [1.807, 2.05) is 10.8 Å². The van der Waals surface area contributed by atoms with E-state index in [0.29, 0.717) is 15.4 Å². The van der Waals surface area contributed by atoms with Gasteiger partial charge in [-0.05, 0) is 50.7 Å². The largest absolute Gasteiger partial charge is 0.408 e. The van der Waals surface area contributed by atoms with Gasteiger partial charge in [0.25, 0.3) is 0 Å². The first-order valence-corrected chi connectivity index (χ1v) is 12.9. The van der Waals surface area contributed by atoms with Gasteiger partial charge in [0.15, 0.2) is 27.3 Å². The molecule has 0 aliphatic heterocycles. The number of aryl methyl sites for hydroxylation is 2. The number of nitrogens with zero attached hydrogens (tertiary/aromatic N) is 3. The lowest BCUT2D eigenvalue weighted by Gasteiger charge is -2.10. The number of thiazole rings is 2. The molecule has 194 valence electrons. The summed E-state index contributed by atoms with van der Waals surface area (Å²) in [5, 5.41) is 24.3. The fourth-order valence-corrected chi connectivity index (χ4v) is 4.44. The molecular weight excluding hydrogens is 521 g/mol. The van der Waals surface area contributed by atoms with Gasteiger partial charge in [0.2, 0.25) is 0 Å². The van der Waals surface area contributed by atoms with Crippen molar-refractivity contribution in [2.24, 2.45) is 16.5 Å². The number of nitrogens with one attached hydrogen (secondary N) is 5. The summed E-state index contributed by atoms with van der Waals surface area (Å²) in [6.07, 6.45) is 0.861. The van der Waals surface area contributed by atoms with Crippen molar-refractivity contribution in [2.45, 2.75) is 44.7 Å². The fourth-order valence-electron chi connectivity index (χ4n) is 2.73. The Labute approximate surface area is 214 Å². The van der Waals surface area contributed by atoms with Gasteiger partial charge < -0.3 is 32.7 Å². The molecule has 2 aromatic heterocycles. The van der Waals surface area contributed by atoms with E-state index in [1.54, 1.807) is 0 Å². The van der Waals surface area contributed by atoms with Gasteiger partial charge in [0.1, 0.15) is 6.54 Å². The van der Waals surface area contributed by atoms with Crippen LogP contribution in [0.25, 0.3) is 0 Å². The van der Waals surface area contributed by atoms with E-state index in [0.717, 1.165) is 63.0 Å². The van der Waals surface area contributed by atoms with Crippen LogP contribution >= 0.6 is 34.9 Å². The zero-order valence-corrected chi connectivity index (χ0v) is 21.3. The Hall–Kier alpha value is -2.72. The average molecular weight is 551 g/mol. The van der Waals surface area contributed by atoms with E-state index in [2.05, 4.69) is 36.2 Å². The van der Waals surface area contributed by atoms with Gasteiger partial charge in [0, 0.05) is 23.8 Å². The van der Waals surface area contributed by atoms with Crippen molar-refractivity contribution >= 4 is 62.2 Å². The Morgan fingerprint density at radius 1 is 0.943 bits per heavy atom. The number of hydrogen-bond acceptors (Lipinski definition) is 7. The SMILES string of the molecule is N=C(N)Nc1nc(CCCCNC(=S)NCCCCc2csc(N/C(N)=N\CC(F)(F)F)n2)cs1. The van der Waals surface area contributed by atoms with Crippen molar-refractivity contribution in [1.82, 2.24) is 20.6 Å². The van der Waals surface area contributed by atoms with Crippen molar-refractivity contribution in [3.8, 4) is 0 Å². The predicted octanol–water partition coefficient (Wildman–Crippen LogP) is 3.00. The Bertz CT molecular complexity index is 973. The molecule has 0 fully saturated rings. The Balaban J connectivity index is 1.50. The zero-order chi connectivity index (χ0) is 25.7. The molecule has 0 amide bonds. The highest BCUT2D eigenvalue weighted by Crippen LogP contribution is 2.18. The van der Waals surface area contributed by atoms with Crippen molar-refractivity contribution in [1.29, 1.82) is 5.41 Å². The second kappa shape index (κ2) is 14.6. The summed E-state index contributed by atoms with van der Waals surface area (Å²) < 4.78 is 36.5. The fraction of sp³-hybridized carbons (Fsp3) is 0.526. The number of halogens is 3. The average Bonchev–Trinajstić information content (AvgIpc) is 3.40. The summed E-state index contributed by atoms with van der Waals surface area (Å²) in [7, 11) is 0. The molecule has 0 atom stereocenters. The molecule has 0 aliphatic carbocycles. The van der Waals surface area contributed by atoms with Crippen LogP contribution in [0.1, 0.15) is 37.1 Å². The van der Waals surface area contributed by atoms with Gasteiger partial charge in [-0.1, -0.05) is 0 Å². The van der Waals surface area contributed by atoms with Gasteiger partial charge in [-0.25, -0.2) is 15.0 Å². The molecule has 2 heterocycles. The number of nitrogens with two attached hydrogens (primary N) is 2. The van der Waals surface area contributed by atoms with Crippen molar-refractivity contribution in [3.63, 3.8) is 0 Å². The summed E-state index contributed by atoms with van der Waals surface area (Å²) >= 11 is 7.97. The third-order valence-electron chi connectivity index (χ3n) is 4.30. The topological polar surface area (TPSA) is 162 Å². The molecular formula is C19H29F3N10S3. The monoisotopic (exact) mass is 550 g/mol. The molecule has 9 N–H and O–H groups in total. The first kappa shape index (κ1) is 28.5. The molecule has 2 rings (SSSR count). The maximum absolute atomic E-state index is 12.2. The van der Waals surface area contributed by atoms with Gasteiger partial charge in [-0.2, -0.15) is 13.2 Å². The van der Waals surface area contributed by atoms with E-state index in [4.69, 9.17) is 29.1 Å². The minimum atomic E-state index is -4.39. The molecule has 0 unspecified atom stereocenters. The van der Waals surface area contributed by atoms with Crippen LogP contribution in [0.3, 0.4) is 0 Å². The van der Waals surface area contributed by atoms with Crippen LogP contribution in [0, 0.1) is 5.41 Å². The van der Waals surface area contributed by atoms with E-state index in [1.165, 1.54) is 22.7 Å². The van der Waals surface area contributed by atoms with Crippen molar-refractivity contribution in [3.05, 3.63) is 22.1 Å². The van der Waals surface area contributed by atoms with Gasteiger partial charge in [-0.3, -0.25) is 5.41 Å². The molecule has 16 heteroatoms. The molecule has 0 saturated carbocycles. The first-order valence-electron chi connectivity index (χ1n) is 10.8. The standard InChI is InChI=1S/C19H29F3N10S3/c20-19(21,22)11-28-15(25)32-18-30-13(10-35-18)6-2-4-8-27-16(33)26-7-3-1-5-12-9-34-17(29-12)31-14(23)24/h9-10H,1-8,11H2,(H2,26,27,33)(H4,23,24,29,31)(H3,25,28,30,32). The predicted molar refractivity (Wildman–Crippen MR) is 140 cm³/mol.